The van der Waals surface area contributed by atoms with E-state index in [1.807, 2.05) is 0 Å². The number of nitrogens with one attached hydrogen (secondary N) is 1. The highest BCUT2D eigenvalue weighted by Gasteiger charge is 2.26. The van der Waals surface area contributed by atoms with Crippen LogP contribution in [-0.4, -0.2) is 30.9 Å². The molecule has 0 atom stereocenters. The minimum absolute atomic E-state index is 0.0346. The fraction of sp³-hybridized carbons (Fsp3) is 0.211. The highest BCUT2D eigenvalue weighted by molar-refractivity contribution is 6.42. The quantitative estimate of drug-likeness (QED) is 0.763. The molecule has 3 rings (SSSR count). The van der Waals surface area contributed by atoms with Crippen molar-refractivity contribution in [2.24, 2.45) is 0 Å². The van der Waals surface area contributed by atoms with Crippen molar-refractivity contribution in [2.45, 2.75) is 12.8 Å². The van der Waals surface area contributed by atoms with Crippen molar-refractivity contribution < 1.29 is 19.1 Å². The Hall–Kier alpha value is -2.57. The van der Waals surface area contributed by atoms with Crippen molar-refractivity contribution in [3.63, 3.8) is 0 Å². The number of hydrogen-bond acceptors (Lipinski definition) is 4. The molecule has 0 unspecified atom stereocenters. The Morgan fingerprint density at radius 3 is 2.59 bits per heavy atom. The third-order valence-corrected chi connectivity index (χ3v) is 4.76. The van der Waals surface area contributed by atoms with Crippen molar-refractivity contribution in [3.8, 4) is 0 Å². The predicted octanol–water partition coefficient (Wildman–Crippen LogP) is 3.92. The molecule has 2 aromatic rings. The average Bonchev–Trinajstić information content (AvgIpc) is 3.08. The standard InChI is InChI=1S/C19H16Cl2N2O4/c20-14-8-7-12(10-15(14)21)22-17(24)11-27-19(26)13-4-1-2-5-16(13)23-9-3-6-18(23)25/h1-2,4-5,7-8,10H,3,6,9,11H2,(H,22,24). The topological polar surface area (TPSA) is 75.7 Å². The first-order valence-corrected chi connectivity index (χ1v) is 9.02. The SMILES string of the molecule is O=C(COC(=O)c1ccccc1N1CCCC1=O)Nc1ccc(Cl)c(Cl)c1. The number of hydrogen-bond donors (Lipinski definition) is 1. The number of para-hydroxylation sites is 1. The lowest BCUT2D eigenvalue weighted by Crippen LogP contribution is -2.27. The van der Waals surface area contributed by atoms with E-state index in [2.05, 4.69) is 5.32 Å². The Morgan fingerprint density at radius 1 is 1.11 bits per heavy atom. The van der Waals surface area contributed by atoms with E-state index in [1.165, 1.54) is 6.07 Å². The van der Waals surface area contributed by atoms with E-state index in [0.717, 1.165) is 6.42 Å². The third-order valence-electron chi connectivity index (χ3n) is 4.03. The fourth-order valence-corrected chi connectivity index (χ4v) is 3.06. The van der Waals surface area contributed by atoms with E-state index < -0.39 is 18.5 Å². The van der Waals surface area contributed by atoms with Gasteiger partial charge in [-0.15, -0.1) is 0 Å². The van der Waals surface area contributed by atoms with Gasteiger partial charge in [0.2, 0.25) is 5.91 Å². The van der Waals surface area contributed by atoms with Crippen molar-refractivity contribution >= 4 is 52.4 Å². The van der Waals surface area contributed by atoms with E-state index in [0.29, 0.717) is 34.4 Å². The minimum Gasteiger partial charge on any atom is -0.452 e. The summed E-state index contributed by atoms with van der Waals surface area (Å²) in [4.78, 5) is 37.9. The van der Waals surface area contributed by atoms with E-state index in [-0.39, 0.29) is 11.5 Å². The zero-order chi connectivity index (χ0) is 19.4. The van der Waals surface area contributed by atoms with E-state index >= 15 is 0 Å². The number of amides is 2. The van der Waals surface area contributed by atoms with Crippen LogP contribution in [0, 0.1) is 0 Å². The third kappa shape index (κ3) is 4.59. The van der Waals surface area contributed by atoms with Crippen LogP contribution >= 0.6 is 23.2 Å². The van der Waals surface area contributed by atoms with E-state index in [9.17, 15) is 14.4 Å². The van der Waals surface area contributed by atoms with Gasteiger partial charge in [-0.3, -0.25) is 9.59 Å². The van der Waals surface area contributed by atoms with Gasteiger partial charge in [-0.1, -0.05) is 35.3 Å². The van der Waals surface area contributed by atoms with Crippen molar-refractivity contribution in [2.75, 3.05) is 23.4 Å². The number of carbonyl (C=O) groups excluding carboxylic acids is 3. The average molecular weight is 407 g/mol. The van der Waals surface area contributed by atoms with Crippen molar-refractivity contribution in [1.82, 2.24) is 0 Å². The molecule has 0 aromatic heterocycles. The molecular weight excluding hydrogens is 391 g/mol. The summed E-state index contributed by atoms with van der Waals surface area (Å²) in [6.45, 7) is 0.0856. The molecule has 0 saturated carbocycles. The number of esters is 1. The summed E-state index contributed by atoms with van der Waals surface area (Å²) in [7, 11) is 0. The number of benzene rings is 2. The minimum atomic E-state index is -0.672. The summed E-state index contributed by atoms with van der Waals surface area (Å²) in [6, 6.07) is 11.3. The first-order valence-electron chi connectivity index (χ1n) is 8.27. The fourth-order valence-electron chi connectivity index (χ4n) is 2.76. The van der Waals surface area contributed by atoms with Gasteiger partial charge in [-0.05, 0) is 36.8 Å². The molecule has 2 aromatic carbocycles. The first-order chi connectivity index (χ1) is 13.0. The maximum absolute atomic E-state index is 12.4. The van der Waals surface area contributed by atoms with Gasteiger partial charge in [0.15, 0.2) is 6.61 Å². The van der Waals surface area contributed by atoms with Gasteiger partial charge >= 0.3 is 5.97 Å². The Kier molecular flexibility index (Phi) is 5.98. The molecule has 1 heterocycles. The molecule has 0 spiro atoms. The molecule has 8 heteroatoms. The number of anilines is 2. The normalized spacial score (nSPS) is 13.6. The van der Waals surface area contributed by atoms with Crippen LogP contribution in [0.15, 0.2) is 42.5 Å². The van der Waals surface area contributed by atoms with E-state index in [4.69, 9.17) is 27.9 Å². The molecule has 1 fully saturated rings. The molecule has 27 heavy (non-hydrogen) atoms. The summed E-state index contributed by atoms with van der Waals surface area (Å²) in [5.74, 6) is -1.22. The zero-order valence-electron chi connectivity index (χ0n) is 14.2. The molecule has 0 bridgehead atoms. The molecule has 6 nitrogen and oxygen atoms in total. The molecule has 1 N–H and O–H groups in total. The Labute approximate surface area is 166 Å². The molecule has 0 radical (unpaired) electrons. The Bertz CT molecular complexity index is 901. The number of ether oxygens (including phenoxy) is 1. The van der Waals surface area contributed by atoms with Crippen molar-refractivity contribution in [3.05, 3.63) is 58.1 Å². The summed E-state index contributed by atoms with van der Waals surface area (Å²) >= 11 is 11.7. The molecule has 1 aliphatic heterocycles. The van der Waals surface area contributed by atoms with Crippen LogP contribution in [0.4, 0.5) is 11.4 Å². The zero-order valence-corrected chi connectivity index (χ0v) is 15.7. The van der Waals surface area contributed by atoms with Crippen LogP contribution in [-0.2, 0) is 14.3 Å². The van der Waals surface area contributed by atoms with Crippen LogP contribution in [0.25, 0.3) is 0 Å². The number of carbonyl (C=O) groups is 3. The van der Waals surface area contributed by atoms with Gasteiger partial charge in [0.05, 0.1) is 21.3 Å². The second-order valence-electron chi connectivity index (χ2n) is 5.92. The van der Waals surface area contributed by atoms with Crippen molar-refractivity contribution in [1.29, 1.82) is 0 Å². The predicted molar refractivity (Wildman–Crippen MR) is 103 cm³/mol. The Morgan fingerprint density at radius 2 is 1.89 bits per heavy atom. The number of halogens is 2. The largest absolute Gasteiger partial charge is 0.452 e. The highest BCUT2D eigenvalue weighted by Crippen LogP contribution is 2.26. The maximum atomic E-state index is 12.4. The van der Waals surface area contributed by atoms with Gasteiger partial charge in [-0.25, -0.2) is 4.79 Å². The smallest absolute Gasteiger partial charge is 0.340 e. The molecule has 2 amide bonds. The molecule has 1 saturated heterocycles. The second-order valence-corrected chi connectivity index (χ2v) is 6.73. The Balaban J connectivity index is 1.63. The number of rotatable bonds is 5. The molecule has 0 aliphatic carbocycles. The number of nitrogens with zero attached hydrogens (tertiary/aromatic N) is 1. The summed E-state index contributed by atoms with van der Waals surface area (Å²) in [6.07, 6.45) is 1.20. The van der Waals surface area contributed by atoms with Crippen LogP contribution in [0.5, 0.6) is 0 Å². The van der Waals surface area contributed by atoms with Crippen LogP contribution in [0.1, 0.15) is 23.2 Å². The maximum Gasteiger partial charge on any atom is 0.340 e. The highest BCUT2D eigenvalue weighted by atomic mass is 35.5. The van der Waals surface area contributed by atoms with Crippen LogP contribution in [0.2, 0.25) is 10.0 Å². The lowest BCUT2D eigenvalue weighted by molar-refractivity contribution is -0.119. The summed E-state index contributed by atoms with van der Waals surface area (Å²) in [5.41, 5.74) is 1.18. The lowest BCUT2D eigenvalue weighted by Gasteiger charge is -2.18. The molecule has 140 valence electrons. The summed E-state index contributed by atoms with van der Waals surface area (Å²) < 4.78 is 5.10. The van der Waals surface area contributed by atoms with Gasteiger partial charge in [0.1, 0.15) is 0 Å². The first kappa shape index (κ1) is 19.2. The lowest BCUT2D eigenvalue weighted by atomic mass is 10.1. The van der Waals surface area contributed by atoms with Crippen LogP contribution < -0.4 is 10.2 Å². The van der Waals surface area contributed by atoms with Gasteiger partial charge in [0, 0.05) is 18.7 Å². The van der Waals surface area contributed by atoms with Gasteiger partial charge in [0.25, 0.3) is 5.91 Å². The van der Waals surface area contributed by atoms with Gasteiger partial charge < -0.3 is 15.0 Å². The molecule has 1 aliphatic rings. The second kappa shape index (κ2) is 8.41. The monoisotopic (exact) mass is 406 g/mol. The summed E-state index contributed by atoms with van der Waals surface area (Å²) in [5, 5.41) is 3.24. The molecular formula is C19H16Cl2N2O4. The van der Waals surface area contributed by atoms with E-state index in [1.54, 1.807) is 41.3 Å². The van der Waals surface area contributed by atoms with Gasteiger partial charge in [-0.2, -0.15) is 0 Å². The van der Waals surface area contributed by atoms with Crippen LogP contribution in [0.3, 0.4) is 0 Å².